The molecule has 1 saturated heterocycles. The molecule has 1 aliphatic heterocycles. The van der Waals surface area contributed by atoms with E-state index in [0.29, 0.717) is 18.2 Å². The number of hydrogen-bond donors (Lipinski definition) is 1. The van der Waals surface area contributed by atoms with Crippen LogP contribution < -0.4 is 5.32 Å². The molecule has 206 valence electrons. The zero-order valence-corrected chi connectivity index (χ0v) is 23.1. The molecule has 37 heavy (non-hydrogen) atoms. The summed E-state index contributed by atoms with van der Waals surface area (Å²) in [5.74, 6) is -0.0797. The Kier molecular flexibility index (Phi) is 8.48. The van der Waals surface area contributed by atoms with Crippen LogP contribution in [-0.4, -0.2) is 53.3 Å². The van der Waals surface area contributed by atoms with Gasteiger partial charge in [-0.05, 0) is 69.6 Å². The average molecular weight is 517 g/mol. The minimum atomic E-state index is -1.50. The van der Waals surface area contributed by atoms with E-state index in [4.69, 9.17) is 18.9 Å². The smallest absolute Gasteiger partial charge is 0.408 e. The van der Waals surface area contributed by atoms with Crippen molar-refractivity contribution in [3.8, 4) is 0 Å². The van der Waals surface area contributed by atoms with Gasteiger partial charge in [0.1, 0.15) is 5.60 Å². The maximum Gasteiger partial charge on any atom is 0.408 e. The molecule has 2 saturated carbocycles. The molecule has 1 N–H and O–H groups in total. The van der Waals surface area contributed by atoms with E-state index >= 15 is 0 Å². The summed E-state index contributed by atoms with van der Waals surface area (Å²) in [4.78, 5) is 30.9. The fourth-order valence-corrected chi connectivity index (χ4v) is 4.91. The Morgan fingerprint density at radius 3 is 2.51 bits per heavy atom. The summed E-state index contributed by atoms with van der Waals surface area (Å²) in [5, 5.41) is 2.88. The first-order valence-corrected chi connectivity index (χ1v) is 13.9. The molecule has 8 nitrogen and oxygen atoms in total. The summed E-state index contributed by atoms with van der Waals surface area (Å²) in [6, 6.07) is 3.24. The Morgan fingerprint density at radius 2 is 1.89 bits per heavy atom. The Balaban J connectivity index is 1.54. The van der Waals surface area contributed by atoms with Gasteiger partial charge in [0.05, 0.1) is 12.6 Å². The molecule has 2 heterocycles. The van der Waals surface area contributed by atoms with Crippen LogP contribution in [-0.2, 0) is 36.6 Å². The number of esters is 1. The molecule has 2 atom stereocenters. The largest absolute Gasteiger partial charge is 0.444 e. The monoisotopic (exact) mass is 516 g/mol. The highest BCUT2D eigenvalue weighted by molar-refractivity contribution is 5.84. The maximum absolute atomic E-state index is 13.5. The Hall–Kier alpha value is -2.19. The Morgan fingerprint density at radius 1 is 1.19 bits per heavy atom. The molecule has 1 aromatic heterocycles. The number of aryl methyl sites for hydroxylation is 1. The van der Waals surface area contributed by atoms with Crippen molar-refractivity contribution in [3.05, 3.63) is 29.6 Å². The van der Waals surface area contributed by atoms with Crippen LogP contribution in [0.25, 0.3) is 0 Å². The molecule has 3 aliphatic rings. The first-order chi connectivity index (χ1) is 17.4. The molecule has 0 radical (unpaired) electrons. The molecule has 4 rings (SSSR count). The number of rotatable bonds is 13. The molecule has 0 unspecified atom stereocenters. The van der Waals surface area contributed by atoms with E-state index in [1.807, 2.05) is 12.1 Å². The lowest BCUT2D eigenvalue weighted by Crippen LogP contribution is -2.61. The van der Waals surface area contributed by atoms with Crippen LogP contribution in [0, 0.1) is 11.8 Å². The first kappa shape index (κ1) is 27.8. The van der Waals surface area contributed by atoms with Crippen molar-refractivity contribution in [2.24, 2.45) is 11.8 Å². The third-order valence-corrected chi connectivity index (χ3v) is 7.12. The molecule has 8 heteroatoms. The zero-order valence-electron chi connectivity index (χ0n) is 23.1. The molecule has 3 fully saturated rings. The molecule has 1 aromatic rings. The van der Waals surface area contributed by atoms with Crippen molar-refractivity contribution in [2.75, 3.05) is 13.2 Å². The van der Waals surface area contributed by atoms with Crippen molar-refractivity contribution in [1.82, 2.24) is 10.3 Å². The molecule has 0 aromatic carbocycles. The third kappa shape index (κ3) is 8.40. The van der Waals surface area contributed by atoms with E-state index in [2.05, 4.69) is 10.3 Å². The van der Waals surface area contributed by atoms with Gasteiger partial charge >= 0.3 is 12.1 Å². The molecule has 0 spiro atoms. The van der Waals surface area contributed by atoms with Gasteiger partial charge in [-0.2, -0.15) is 0 Å². The summed E-state index contributed by atoms with van der Waals surface area (Å²) in [6.45, 7) is 9.45. The number of carbonyl (C=O) groups is 2. The Labute approximate surface area is 221 Å². The number of nitrogens with one attached hydrogen (secondary N) is 1. The number of alkyl carbamates (subject to hydrolysis) is 1. The quantitative estimate of drug-likeness (QED) is 0.287. The summed E-state index contributed by atoms with van der Waals surface area (Å²) >= 11 is 0. The highest BCUT2D eigenvalue weighted by Crippen LogP contribution is 2.38. The second-order valence-electron chi connectivity index (χ2n) is 12.5. The highest BCUT2D eigenvalue weighted by atomic mass is 16.8. The summed E-state index contributed by atoms with van der Waals surface area (Å²) in [6.07, 6.45) is 10.8. The van der Waals surface area contributed by atoms with Gasteiger partial charge < -0.3 is 24.3 Å². The fourth-order valence-electron chi connectivity index (χ4n) is 4.91. The van der Waals surface area contributed by atoms with Gasteiger partial charge in [-0.15, -0.1) is 0 Å². The number of amides is 1. The minimum Gasteiger partial charge on any atom is -0.444 e. The van der Waals surface area contributed by atoms with E-state index in [-0.39, 0.29) is 13.0 Å². The SMILES string of the molecule is CC(C)(C)OC(=O)N[C@@H](COCCC1CC1)[C@@]1(Cc2cc(CCCC3CC3)ccn2)OC(C)(C)OC1=O. The average Bonchev–Trinajstić information content (AvgIpc) is 3.69. The number of ether oxygens (including phenoxy) is 4. The maximum atomic E-state index is 13.5. The number of hydrogen-bond acceptors (Lipinski definition) is 7. The van der Waals surface area contributed by atoms with E-state index < -0.39 is 35.1 Å². The van der Waals surface area contributed by atoms with Crippen molar-refractivity contribution >= 4 is 12.1 Å². The highest BCUT2D eigenvalue weighted by Gasteiger charge is 2.59. The lowest BCUT2D eigenvalue weighted by molar-refractivity contribution is -0.172. The standard InChI is InChI=1S/C29H44N2O6/c1-27(2,3)36-26(33)31-24(19-34-16-14-21-11-12-21)29(25(32)35-28(4,5)37-29)18-23-17-22(13-15-30-23)8-6-7-20-9-10-20/h13,15,17,20-21,24H,6-12,14,16,18-19H2,1-5H3,(H,31,33)/t24-,29+/m0/s1. The fraction of sp³-hybridized carbons (Fsp3) is 0.759. The Bertz CT molecular complexity index is 950. The van der Waals surface area contributed by atoms with Gasteiger partial charge in [0.2, 0.25) is 5.79 Å². The summed E-state index contributed by atoms with van der Waals surface area (Å²) in [5.41, 5.74) is -0.294. The molecule has 1 amide bonds. The van der Waals surface area contributed by atoms with Crippen LogP contribution in [0.15, 0.2) is 18.3 Å². The van der Waals surface area contributed by atoms with Gasteiger partial charge in [0, 0.05) is 38.8 Å². The van der Waals surface area contributed by atoms with Crippen LogP contribution >= 0.6 is 0 Å². The molecular formula is C29H44N2O6. The summed E-state index contributed by atoms with van der Waals surface area (Å²) in [7, 11) is 0. The lowest BCUT2D eigenvalue weighted by atomic mass is 9.88. The predicted molar refractivity (Wildman–Crippen MR) is 139 cm³/mol. The number of pyridine rings is 1. The van der Waals surface area contributed by atoms with Crippen molar-refractivity contribution in [1.29, 1.82) is 0 Å². The van der Waals surface area contributed by atoms with E-state index in [0.717, 1.165) is 25.2 Å². The van der Waals surface area contributed by atoms with Crippen molar-refractivity contribution in [3.63, 3.8) is 0 Å². The van der Waals surface area contributed by atoms with Crippen LogP contribution in [0.1, 0.15) is 90.8 Å². The second-order valence-corrected chi connectivity index (χ2v) is 12.5. The number of cyclic esters (lactones) is 1. The van der Waals surface area contributed by atoms with E-state index in [9.17, 15) is 9.59 Å². The third-order valence-electron chi connectivity index (χ3n) is 7.12. The zero-order chi connectivity index (χ0) is 26.7. The molecular weight excluding hydrogens is 472 g/mol. The van der Waals surface area contributed by atoms with Gasteiger partial charge in [-0.1, -0.05) is 32.1 Å². The second kappa shape index (κ2) is 11.3. The molecule has 0 bridgehead atoms. The minimum absolute atomic E-state index is 0.0955. The van der Waals surface area contributed by atoms with E-state index in [1.54, 1.807) is 40.8 Å². The molecule has 2 aliphatic carbocycles. The van der Waals surface area contributed by atoms with Crippen molar-refractivity contribution in [2.45, 2.75) is 115 Å². The van der Waals surface area contributed by atoms with Gasteiger partial charge in [0.25, 0.3) is 0 Å². The van der Waals surface area contributed by atoms with Crippen molar-refractivity contribution < 1.29 is 28.5 Å². The van der Waals surface area contributed by atoms with Crippen LogP contribution in [0.4, 0.5) is 4.79 Å². The van der Waals surface area contributed by atoms with Crippen LogP contribution in [0.2, 0.25) is 0 Å². The number of carbonyl (C=O) groups excluding carboxylic acids is 2. The lowest BCUT2D eigenvalue weighted by Gasteiger charge is -2.35. The normalized spacial score (nSPS) is 24.0. The first-order valence-electron chi connectivity index (χ1n) is 13.9. The van der Waals surface area contributed by atoms with Gasteiger partial charge in [-0.3, -0.25) is 4.98 Å². The number of nitrogens with zero attached hydrogens (tertiary/aromatic N) is 1. The topological polar surface area (TPSA) is 96.0 Å². The van der Waals surface area contributed by atoms with Gasteiger partial charge in [-0.25, -0.2) is 9.59 Å². The summed E-state index contributed by atoms with van der Waals surface area (Å²) < 4.78 is 23.5. The number of aromatic nitrogens is 1. The van der Waals surface area contributed by atoms with Crippen LogP contribution in [0.3, 0.4) is 0 Å². The van der Waals surface area contributed by atoms with E-state index in [1.165, 1.54) is 37.7 Å². The predicted octanol–water partition coefficient (Wildman–Crippen LogP) is 5.12. The van der Waals surface area contributed by atoms with Crippen LogP contribution in [0.5, 0.6) is 0 Å². The van der Waals surface area contributed by atoms with Gasteiger partial charge in [0.15, 0.2) is 5.60 Å².